The van der Waals surface area contributed by atoms with E-state index in [1.54, 1.807) is 13.1 Å². The Bertz CT molecular complexity index is 433. The third kappa shape index (κ3) is 4.18. The van der Waals surface area contributed by atoms with Crippen LogP contribution >= 0.6 is 0 Å². The second-order valence-electron chi connectivity index (χ2n) is 5.02. The molecule has 0 heterocycles. The van der Waals surface area contributed by atoms with Crippen molar-refractivity contribution in [1.29, 1.82) is 0 Å². The lowest BCUT2D eigenvalue weighted by molar-refractivity contribution is -0.135. The smallest absolute Gasteiger partial charge is 0.239 e. The summed E-state index contributed by atoms with van der Waals surface area (Å²) in [5.74, 6) is -0.158. The molecule has 1 aromatic carbocycles. The first-order valence-electron chi connectivity index (χ1n) is 6.85. The second kappa shape index (κ2) is 7.82. The fourth-order valence-electron chi connectivity index (χ4n) is 2.02. The third-order valence-corrected chi connectivity index (χ3v) is 3.56. The summed E-state index contributed by atoms with van der Waals surface area (Å²) in [5.41, 5.74) is 6.65. The largest absolute Gasteiger partial charge is 0.386 e. The summed E-state index contributed by atoms with van der Waals surface area (Å²) in [6.45, 7) is 5.43. The normalized spacial score (nSPS) is 15.2. The van der Waals surface area contributed by atoms with Crippen LogP contribution in [0.1, 0.15) is 31.4 Å². The highest BCUT2D eigenvalue weighted by molar-refractivity contribution is 5.81. The van der Waals surface area contributed by atoms with Gasteiger partial charge in [0.05, 0.1) is 18.2 Å². The van der Waals surface area contributed by atoms with Crippen LogP contribution in [0.2, 0.25) is 0 Å². The van der Waals surface area contributed by atoms with E-state index in [1.165, 1.54) is 4.90 Å². The van der Waals surface area contributed by atoms with E-state index < -0.39 is 12.1 Å². The zero-order chi connectivity index (χ0) is 15.1. The van der Waals surface area contributed by atoms with Gasteiger partial charge in [-0.1, -0.05) is 36.4 Å². The molecule has 0 saturated heterocycles. The summed E-state index contributed by atoms with van der Waals surface area (Å²) >= 11 is 0. The van der Waals surface area contributed by atoms with Crippen molar-refractivity contribution in [1.82, 2.24) is 4.90 Å². The van der Waals surface area contributed by atoms with Crippen molar-refractivity contribution in [3.05, 3.63) is 48.6 Å². The highest BCUT2D eigenvalue weighted by Gasteiger charge is 2.26. The van der Waals surface area contributed by atoms with Gasteiger partial charge >= 0.3 is 0 Å². The van der Waals surface area contributed by atoms with Gasteiger partial charge in [0, 0.05) is 7.05 Å². The van der Waals surface area contributed by atoms with Gasteiger partial charge in [-0.15, -0.1) is 6.58 Å². The molecule has 110 valence electrons. The van der Waals surface area contributed by atoms with E-state index in [-0.39, 0.29) is 11.9 Å². The molecule has 0 saturated carbocycles. The topological polar surface area (TPSA) is 66.6 Å². The van der Waals surface area contributed by atoms with Crippen LogP contribution in [-0.2, 0) is 4.79 Å². The van der Waals surface area contributed by atoms with E-state index in [0.717, 1.165) is 5.56 Å². The summed E-state index contributed by atoms with van der Waals surface area (Å²) < 4.78 is 0. The molecule has 0 radical (unpaired) electrons. The van der Waals surface area contributed by atoms with E-state index in [4.69, 9.17) is 5.73 Å². The minimum absolute atomic E-state index is 0.158. The van der Waals surface area contributed by atoms with E-state index >= 15 is 0 Å². The Morgan fingerprint density at radius 2 is 2.05 bits per heavy atom. The number of carbonyl (C=O) groups excluding carboxylic acids is 1. The number of rotatable bonds is 7. The van der Waals surface area contributed by atoms with Crippen LogP contribution in [0.15, 0.2) is 43.0 Å². The first kappa shape index (κ1) is 16.4. The molecule has 4 nitrogen and oxygen atoms in total. The van der Waals surface area contributed by atoms with Crippen LogP contribution in [-0.4, -0.2) is 35.0 Å². The first-order chi connectivity index (χ1) is 9.49. The second-order valence-corrected chi connectivity index (χ2v) is 5.02. The SMILES string of the molecule is C=CCC[C@H](N)C(=O)N(C)C(C)[C@H](O)c1ccccc1. The van der Waals surface area contributed by atoms with Gasteiger partial charge in [-0.2, -0.15) is 0 Å². The molecular weight excluding hydrogens is 252 g/mol. The molecule has 0 bridgehead atoms. The van der Waals surface area contributed by atoms with E-state index in [9.17, 15) is 9.90 Å². The van der Waals surface area contributed by atoms with Gasteiger partial charge < -0.3 is 15.7 Å². The Hall–Kier alpha value is -1.65. The van der Waals surface area contributed by atoms with E-state index in [1.807, 2.05) is 37.3 Å². The Morgan fingerprint density at radius 3 is 2.60 bits per heavy atom. The van der Waals surface area contributed by atoms with Crippen molar-refractivity contribution in [3.63, 3.8) is 0 Å². The summed E-state index contributed by atoms with van der Waals surface area (Å²) in [7, 11) is 1.67. The van der Waals surface area contributed by atoms with Gasteiger partial charge in [-0.25, -0.2) is 0 Å². The van der Waals surface area contributed by atoms with Gasteiger partial charge in [0.1, 0.15) is 0 Å². The number of likely N-dealkylation sites (N-methyl/N-ethyl adjacent to an activating group) is 1. The zero-order valence-electron chi connectivity index (χ0n) is 12.2. The molecule has 20 heavy (non-hydrogen) atoms. The predicted molar refractivity (Wildman–Crippen MR) is 81.0 cm³/mol. The average Bonchev–Trinajstić information content (AvgIpc) is 2.50. The highest BCUT2D eigenvalue weighted by atomic mass is 16.3. The van der Waals surface area contributed by atoms with Crippen molar-refractivity contribution >= 4 is 5.91 Å². The summed E-state index contributed by atoms with van der Waals surface area (Å²) in [5, 5.41) is 10.3. The molecular formula is C16H24N2O2. The van der Waals surface area contributed by atoms with Crippen LogP contribution in [0.25, 0.3) is 0 Å². The van der Waals surface area contributed by atoms with Gasteiger partial charge in [-0.3, -0.25) is 4.79 Å². The zero-order valence-corrected chi connectivity index (χ0v) is 12.2. The Morgan fingerprint density at radius 1 is 1.45 bits per heavy atom. The standard InChI is InChI=1S/C16H24N2O2/c1-4-5-11-14(17)16(20)18(3)12(2)15(19)13-9-7-6-8-10-13/h4,6-10,12,14-15,19H,1,5,11,17H2,2-3H3/t12?,14-,15-/m0/s1. The Kier molecular flexibility index (Phi) is 6.42. The van der Waals surface area contributed by atoms with E-state index in [0.29, 0.717) is 12.8 Å². The van der Waals surface area contributed by atoms with Gasteiger partial charge in [0.15, 0.2) is 0 Å². The highest BCUT2D eigenvalue weighted by Crippen LogP contribution is 2.20. The van der Waals surface area contributed by atoms with Crippen LogP contribution in [0.3, 0.4) is 0 Å². The third-order valence-electron chi connectivity index (χ3n) is 3.56. The number of allylic oxidation sites excluding steroid dienone is 1. The van der Waals surface area contributed by atoms with Gasteiger partial charge in [0.25, 0.3) is 0 Å². The fourth-order valence-corrected chi connectivity index (χ4v) is 2.02. The average molecular weight is 276 g/mol. The Balaban J connectivity index is 2.68. The lowest BCUT2D eigenvalue weighted by Crippen LogP contribution is -2.47. The van der Waals surface area contributed by atoms with Crippen molar-refractivity contribution in [2.75, 3.05) is 7.05 Å². The maximum atomic E-state index is 12.2. The first-order valence-corrected chi connectivity index (χ1v) is 6.85. The van der Waals surface area contributed by atoms with Crippen molar-refractivity contribution in [2.24, 2.45) is 5.73 Å². The molecule has 4 heteroatoms. The molecule has 3 atom stereocenters. The minimum atomic E-state index is -0.725. The number of benzene rings is 1. The number of nitrogens with zero attached hydrogens (tertiary/aromatic N) is 1. The maximum absolute atomic E-state index is 12.2. The number of amides is 1. The van der Waals surface area contributed by atoms with Crippen LogP contribution in [0.5, 0.6) is 0 Å². The molecule has 0 aromatic heterocycles. The van der Waals surface area contributed by atoms with Crippen LogP contribution in [0.4, 0.5) is 0 Å². The number of hydrogen-bond acceptors (Lipinski definition) is 3. The van der Waals surface area contributed by atoms with Crippen molar-refractivity contribution in [2.45, 2.75) is 38.0 Å². The monoisotopic (exact) mass is 276 g/mol. The molecule has 0 aliphatic rings. The van der Waals surface area contributed by atoms with Crippen LogP contribution in [0, 0.1) is 0 Å². The fraction of sp³-hybridized carbons (Fsp3) is 0.438. The van der Waals surface area contributed by atoms with Gasteiger partial charge in [-0.05, 0) is 25.3 Å². The lowest BCUT2D eigenvalue weighted by Gasteiger charge is -2.31. The van der Waals surface area contributed by atoms with Crippen molar-refractivity contribution < 1.29 is 9.90 Å². The van der Waals surface area contributed by atoms with Crippen LogP contribution < -0.4 is 5.73 Å². The molecule has 0 spiro atoms. The maximum Gasteiger partial charge on any atom is 0.239 e. The molecule has 1 aromatic rings. The molecule has 1 unspecified atom stereocenters. The Labute approximate surface area is 120 Å². The molecule has 0 aliphatic carbocycles. The number of aliphatic hydroxyl groups excluding tert-OH is 1. The molecule has 1 amide bonds. The summed E-state index contributed by atoms with van der Waals surface area (Å²) in [4.78, 5) is 13.7. The van der Waals surface area contributed by atoms with Crippen molar-refractivity contribution in [3.8, 4) is 0 Å². The predicted octanol–water partition coefficient (Wildman–Crippen LogP) is 1.86. The summed E-state index contributed by atoms with van der Waals surface area (Å²) in [6.07, 6.45) is 2.30. The number of carbonyl (C=O) groups is 1. The summed E-state index contributed by atoms with van der Waals surface area (Å²) in [6, 6.07) is 8.42. The van der Waals surface area contributed by atoms with E-state index in [2.05, 4.69) is 6.58 Å². The lowest BCUT2D eigenvalue weighted by atomic mass is 10.0. The number of aliphatic hydroxyl groups is 1. The molecule has 1 rings (SSSR count). The quantitative estimate of drug-likeness (QED) is 0.747. The molecule has 3 N–H and O–H groups in total. The minimum Gasteiger partial charge on any atom is -0.386 e. The molecule has 0 fully saturated rings. The molecule has 0 aliphatic heterocycles. The number of nitrogens with two attached hydrogens (primary N) is 1. The number of hydrogen-bond donors (Lipinski definition) is 2. The van der Waals surface area contributed by atoms with Gasteiger partial charge in [0.2, 0.25) is 5.91 Å².